The van der Waals surface area contributed by atoms with E-state index in [0.717, 1.165) is 17.7 Å². The summed E-state index contributed by atoms with van der Waals surface area (Å²) in [6.07, 6.45) is 0.783. The summed E-state index contributed by atoms with van der Waals surface area (Å²) < 4.78 is 10.6. The average Bonchev–Trinajstić information content (AvgIpc) is 2.27. The number of benzene rings is 1. The summed E-state index contributed by atoms with van der Waals surface area (Å²) in [6, 6.07) is 6.16. The molecule has 0 saturated carbocycles. The van der Waals surface area contributed by atoms with Gasteiger partial charge in [0.1, 0.15) is 5.75 Å². The lowest BCUT2D eigenvalue weighted by Crippen LogP contribution is -2.28. The Morgan fingerprint density at radius 1 is 1.38 bits per heavy atom. The molecule has 3 nitrogen and oxygen atoms in total. The van der Waals surface area contributed by atoms with Gasteiger partial charge in [-0.1, -0.05) is 17.7 Å². The standard InChI is InChI=1S/C13H21NO2/c1-4-16-9-12(14)8-11-7-10(2)5-6-13(11)15-3/h5-7,12H,4,8-9,14H2,1-3H3. The molecular formula is C13H21NO2. The topological polar surface area (TPSA) is 44.5 Å². The first-order chi connectivity index (χ1) is 7.67. The van der Waals surface area contributed by atoms with E-state index in [4.69, 9.17) is 15.2 Å². The van der Waals surface area contributed by atoms with Crippen LogP contribution in [0.15, 0.2) is 18.2 Å². The summed E-state index contributed by atoms with van der Waals surface area (Å²) in [6.45, 7) is 5.34. The molecule has 0 aliphatic carbocycles. The van der Waals surface area contributed by atoms with E-state index in [2.05, 4.69) is 13.0 Å². The lowest BCUT2D eigenvalue weighted by atomic mass is 10.0. The van der Waals surface area contributed by atoms with E-state index < -0.39 is 0 Å². The molecule has 3 heteroatoms. The molecule has 0 aliphatic rings. The molecule has 2 N–H and O–H groups in total. The lowest BCUT2D eigenvalue weighted by Gasteiger charge is -2.14. The lowest BCUT2D eigenvalue weighted by molar-refractivity contribution is 0.133. The van der Waals surface area contributed by atoms with E-state index in [-0.39, 0.29) is 6.04 Å². The molecule has 0 aliphatic heterocycles. The number of nitrogens with two attached hydrogens (primary N) is 1. The highest BCUT2D eigenvalue weighted by Crippen LogP contribution is 2.20. The fourth-order valence-corrected chi connectivity index (χ4v) is 1.68. The molecule has 0 bridgehead atoms. The first kappa shape index (κ1) is 13.0. The van der Waals surface area contributed by atoms with Gasteiger partial charge in [0.05, 0.1) is 13.7 Å². The minimum absolute atomic E-state index is 0.0237. The van der Waals surface area contributed by atoms with E-state index in [1.54, 1.807) is 7.11 Å². The van der Waals surface area contributed by atoms with Crippen LogP contribution in [-0.2, 0) is 11.2 Å². The molecule has 0 amide bonds. The normalized spacial score (nSPS) is 12.5. The van der Waals surface area contributed by atoms with Gasteiger partial charge in [-0.2, -0.15) is 0 Å². The van der Waals surface area contributed by atoms with E-state index in [9.17, 15) is 0 Å². The van der Waals surface area contributed by atoms with Gasteiger partial charge in [-0.15, -0.1) is 0 Å². The quantitative estimate of drug-likeness (QED) is 0.801. The van der Waals surface area contributed by atoms with Crippen LogP contribution in [0.4, 0.5) is 0 Å². The minimum atomic E-state index is 0.0237. The number of aryl methyl sites for hydroxylation is 1. The van der Waals surface area contributed by atoms with Crippen LogP contribution in [0.5, 0.6) is 5.75 Å². The van der Waals surface area contributed by atoms with Gasteiger partial charge in [-0.3, -0.25) is 0 Å². The molecule has 0 radical (unpaired) electrons. The molecule has 16 heavy (non-hydrogen) atoms. The SMILES string of the molecule is CCOCC(N)Cc1cc(C)ccc1OC. The predicted octanol–water partition coefficient (Wildman–Crippen LogP) is 1.91. The zero-order valence-corrected chi connectivity index (χ0v) is 10.3. The van der Waals surface area contributed by atoms with Crippen LogP contribution >= 0.6 is 0 Å². The van der Waals surface area contributed by atoms with Gasteiger partial charge in [0.25, 0.3) is 0 Å². The van der Waals surface area contributed by atoms with E-state index in [0.29, 0.717) is 13.2 Å². The molecule has 1 aromatic carbocycles. The maximum Gasteiger partial charge on any atom is 0.122 e. The van der Waals surface area contributed by atoms with Gasteiger partial charge in [0.15, 0.2) is 0 Å². The van der Waals surface area contributed by atoms with Crippen molar-refractivity contribution in [1.29, 1.82) is 0 Å². The maximum atomic E-state index is 5.98. The monoisotopic (exact) mass is 223 g/mol. The smallest absolute Gasteiger partial charge is 0.122 e. The highest BCUT2D eigenvalue weighted by molar-refractivity contribution is 5.37. The van der Waals surface area contributed by atoms with Crippen LogP contribution in [0.2, 0.25) is 0 Å². The molecule has 90 valence electrons. The van der Waals surface area contributed by atoms with Crippen LogP contribution in [0.25, 0.3) is 0 Å². The highest BCUT2D eigenvalue weighted by atomic mass is 16.5. The Hall–Kier alpha value is -1.06. The van der Waals surface area contributed by atoms with Crippen molar-refractivity contribution in [1.82, 2.24) is 0 Å². The third kappa shape index (κ3) is 3.83. The predicted molar refractivity (Wildman–Crippen MR) is 65.9 cm³/mol. The van der Waals surface area contributed by atoms with Crippen molar-refractivity contribution in [3.05, 3.63) is 29.3 Å². The van der Waals surface area contributed by atoms with Crippen molar-refractivity contribution < 1.29 is 9.47 Å². The van der Waals surface area contributed by atoms with Gasteiger partial charge >= 0.3 is 0 Å². The van der Waals surface area contributed by atoms with Gasteiger partial charge in [0.2, 0.25) is 0 Å². The fourth-order valence-electron chi connectivity index (χ4n) is 1.68. The Kier molecular flexibility index (Phi) is 5.29. The van der Waals surface area contributed by atoms with Crippen LogP contribution in [-0.4, -0.2) is 26.4 Å². The summed E-state index contributed by atoms with van der Waals surface area (Å²) in [5, 5.41) is 0. The van der Waals surface area contributed by atoms with Gasteiger partial charge in [-0.05, 0) is 31.9 Å². The molecule has 1 rings (SSSR count). The van der Waals surface area contributed by atoms with E-state index in [1.165, 1.54) is 5.56 Å². The Morgan fingerprint density at radius 2 is 2.12 bits per heavy atom. The van der Waals surface area contributed by atoms with Gasteiger partial charge in [-0.25, -0.2) is 0 Å². The maximum absolute atomic E-state index is 5.98. The van der Waals surface area contributed by atoms with Crippen molar-refractivity contribution >= 4 is 0 Å². The van der Waals surface area contributed by atoms with Crippen molar-refractivity contribution in [2.45, 2.75) is 26.3 Å². The summed E-state index contributed by atoms with van der Waals surface area (Å²) in [7, 11) is 1.68. The Labute approximate surface area is 97.6 Å². The summed E-state index contributed by atoms with van der Waals surface area (Å²) in [5.41, 5.74) is 8.35. The average molecular weight is 223 g/mol. The van der Waals surface area contributed by atoms with Crippen molar-refractivity contribution in [2.24, 2.45) is 5.73 Å². The third-order valence-corrected chi connectivity index (χ3v) is 2.45. The second kappa shape index (κ2) is 6.51. The molecule has 0 aromatic heterocycles. The number of methoxy groups -OCH3 is 1. The second-order valence-electron chi connectivity index (χ2n) is 3.94. The first-order valence-electron chi connectivity index (χ1n) is 5.64. The van der Waals surface area contributed by atoms with Crippen molar-refractivity contribution in [3.63, 3.8) is 0 Å². The molecule has 1 atom stereocenters. The van der Waals surface area contributed by atoms with Gasteiger partial charge < -0.3 is 15.2 Å². The summed E-state index contributed by atoms with van der Waals surface area (Å²) in [4.78, 5) is 0. The molecule has 1 aromatic rings. The number of rotatable bonds is 6. The van der Waals surface area contributed by atoms with E-state index in [1.807, 2.05) is 19.1 Å². The van der Waals surface area contributed by atoms with Crippen LogP contribution in [0.1, 0.15) is 18.1 Å². The third-order valence-electron chi connectivity index (χ3n) is 2.45. The molecule has 0 fully saturated rings. The zero-order chi connectivity index (χ0) is 12.0. The largest absolute Gasteiger partial charge is 0.496 e. The minimum Gasteiger partial charge on any atom is -0.496 e. The second-order valence-corrected chi connectivity index (χ2v) is 3.94. The Morgan fingerprint density at radius 3 is 2.75 bits per heavy atom. The number of ether oxygens (including phenoxy) is 2. The number of hydrogen-bond donors (Lipinski definition) is 1. The molecule has 0 saturated heterocycles. The highest BCUT2D eigenvalue weighted by Gasteiger charge is 2.09. The Bertz CT molecular complexity index is 326. The van der Waals surface area contributed by atoms with E-state index >= 15 is 0 Å². The zero-order valence-electron chi connectivity index (χ0n) is 10.3. The van der Waals surface area contributed by atoms with Crippen LogP contribution in [0, 0.1) is 6.92 Å². The number of hydrogen-bond acceptors (Lipinski definition) is 3. The molecule has 1 unspecified atom stereocenters. The van der Waals surface area contributed by atoms with Crippen LogP contribution in [0.3, 0.4) is 0 Å². The Balaban J connectivity index is 2.67. The molecular weight excluding hydrogens is 202 g/mol. The van der Waals surface area contributed by atoms with Crippen LogP contribution < -0.4 is 10.5 Å². The fraction of sp³-hybridized carbons (Fsp3) is 0.538. The first-order valence-corrected chi connectivity index (χ1v) is 5.64. The van der Waals surface area contributed by atoms with Crippen molar-refractivity contribution in [3.8, 4) is 5.75 Å². The van der Waals surface area contributed by atoms with Gasteiger partial charge in [0, 0.05) is 12.6 Å². The molecule has 0 spiro atoms. The van der Waals surface area contributed by atoms with Crippen molar-refractivity contribution in [2.75, 3.05) is 20.3 Å². The summed E-state index contributed by atoms with van der Waals surface area (Å²) >= 11 is 0. The summed E-state index contributed by atoms with van der Waals surface area (Å²) in [5.74, 6) is 0.901. The molecule has 0 heterocycles.